The predicted molar refractivity (Wildman–Crippen MR) is 79.9 cm³/mol. The molecule has 0 unspecified atom stereocenters. The highest BCUT2D eigenvalue weighted by Crippen LogP contribution is 2.28. The summed E-state index contributed by atoms with van der Waals surface area (Å²) < 4.78 is 0. The van der Waals surface area contributed by atoms with Gasteiger partial charge in [-0.15, -0.1) is 0 Å². The molecule has 0 aliphatic heterocycles. The maximum atomic E-state index is 3.49. The average molecular weight is 235 g/mol. The zero-order valence-corrected chi connectivity index (χ0v) is 10.8. The van der Waals surface area contributed by atoms with Gasteiger partial charge in [0.15, 0.2) is 0 Å². The number of hydrogen-bond donors (Lipinski definition) is 1. The number of para-hydroxylation sites is 1. The Bertz CT molecular complexity index is 732. The summed E-state index contributed by atoms with van der Waals surface area (Å²) in [6.07, 6.45) is 5.35. The minimum atomic E-state index is 1.06. The van der Waals surface area contributed by atoms with Gasteiger partial charge in [0.25, 0.3) is 0 Å². The maximum absolute atomic E-state index is 3.49. The van der Waals surface area contributed by atoms with Gasteiger partial charge in [-0.05, 0) is 42.7 Å². The number of aromatic nitrogens is 1. The van der Waals surface area contributed by atoms with Crippen molar-refractivity contribution in [3.8, 4) is 0 Å². The Morgan fingerprint density at radius 2 is 1.89 bits per heavy atom. The van der Waals surface area contributed by atoms with Crippen molar-refractivity contribution in [2.75, 3.05) is 0 Å². The predicted octanol–water partition coefficient (Wildman–Crippen LogP) is 4.92. The Morgan fingerprint density at radius 1 is 1.06 bits per heavy atom. The van der Waals surface area contributed by atoms with Crippen molar-refractivity contribution in [2.24, 2.45) is 0 Å². The molecule has 0 fully saturated rings. The van der Waals surface area contributed by atoms with Crippen molar-refractivity contribution in [3.63, 3.8) is 0 Å². The Balaban J connectivity index is 2.39. The molecule has 0 saturated carbocycles. The first-order valence-electron chi connectivity index (χ1n) is 6.49. The van der Waals surface area contributed by atoms with Crippen LogP contribution >= 0.6 is 0 Å². The van der Waals surface area contributed by atoms with Crippen molar-refractivity contribution in [2.45, 2.75) is 20.3 Å². The minimum absolute atomic E-state index is 1.06. The number of fused-ring (bicyclic) bond motifs is 3. The summed E-state index contributed by atoms with van der Waals surface area (Å²) in [4.78, 5) is 3.49. The molecule has 0 aliphatic carbocycles. The molecule has 3 aromatic rings. The van der Waals surface area contributed by atoms with E-state index in [-0.39, 0.29) is 0 Å². The summed E-state index contributed by atoms with van der Waals surface area (Å²) >= 11 is 0. The molecule has 0 atom stereocenters. The van der Waals surface area contributed by atoms with Crippen LogP contribution in [0, 0.1) is 0 Å². The number of nitrogens with one attached hydrogen (secondary N) is 1. The summed E-state index contributed by atoms with van der Waals surface area (Å²) in [5.41, 5.74) is 5.16. The molecule has 3 rings (SSSR count). The Kier molecular flexibility index (Phi) is 2.67. The second-order valence-corrected chi connectivity index (χ2v) is 4.62. The van der Waals surface area contributed by atoms with E-state index in [9.17, 15) is 0 Å². The molecular formula is C17H17N. The van der Waals surface area contributed by atoms with Crippen LogP contribution in [0.15, 0.2) is 42.5 Å². The molecule has 0 saturated heterocycles. The topological polar surface area (TPSA) is 15.8 Å². The van der Waals surface area contributed by atoms with Crippen LogP contribution in [0.1, 0.15) is 25.0 Å². The molecule has 1 nitrogen and oxygen atoms in total. The van der Waals surface area contributed by atoms with Crippen LogP contribution < -0.4 is 0 Å². The monoisotopic (exact) mass is 235 g/mol. The van der Waals surface area contributed by atoms with Gasteiger partial charge in [-0.25, -0.2) is 0 Å². The van der Waals surface area contributed by atoms with E-state index in [1.54, 1.807) is 0 Å². The van der Waals surface area contributed by atoms with Gasteiger partial charge in [-0.2, -0.15) is 0 Å². The smallest absolute Gasteiger partial charge is 0.0471 e. The van der Waals surface area contributed by atoms with Crippen molar-refractivity contribution >= 4 is 27.9 Å². The van der Waals surface area contributed by atoms with Gasteiger partial charge in [0, 0.05) is 21.8 Å². The lowest BCUT2D eigenvalue weighted by Gasteiger charge is -2.04. The number of benzene rings is 2. The molecule has 1 heterocycles. The fourth-order valence-electron chi connectivity index (χ4n) is 2.60. The van der Waals surface area contributed by atoms with Crippen molar-refractivity contribution in [1.82, 2.24) is 4.98 Å². The van der Waals surface area contributed by atoms with Gasteiger partial charge in [0.1, 0.15) is 0 Å². The highest BCUT2D eigenvalue weighted by molar-refractivity contribution is 6.08. The highest BCUT2D eigenvalue weighted by Gasteiger charge is 2.06. The number of rotatable bonds is 2. The van der Waals surface area contributed by atoms with Gasteiger partial charge in [0.05, 0.1) is 0 Å². The van der Waals surface area contributed by atoms with Gasteiger partial charge in [-0.3, -0.25) is 0 Å². The molecule has 0 amide bonds. The lowest BCUT2D eigenvalue weighted by molar-refractivity contribution is 1.14. The van der Waals surface area contributed by atoms with E-state index in [0.29, 0.717) is 0 Å². The van der Waals surface area contributed by atoms with E-state index in [4.69, 9.17) is 0 Å². The number of aromatic amines is 1. The molecule has 1 heteroatoms. The third-order valence-corrected chi connectivity index (χ3v) is 3.49. The minimum Gasteiger partial charge on any atom is -0.354 e. The fraction of sp³-hybridized carbons (Fsp3) is 0.176. The molecule has 0 aliphatic rings. The van der Waals surface area contributed by atoms with Crippen molar-refractivity contribution in [3.05, 3.63) is 53.6 Å². The summed E-state index contributed by atoms with van der Waals surface area (Å²) in [5, 5.41) is 2.64. The summed E-state index contributed by atoms with van der Waals surface area (Å²) in [5.74, 6) is 0. The van der Waals surface area contributed by atoms with Crippen LogP contribution in [0.3, 0.4) is 0 Å². The second-order valence-electron chi connectivity index (χ2n) is 4.62. The van der Waals surface area contributed by atoms with Crippen LogP contribution in [0.25, 0.3) is 27.9 Å². The molecule has 1 aromatic heterocycles. The Hall–Kier alpha value is -2.02. The second kappa shape index (κ2) is 4.34. The molecule has 18 heavy (non-hydrogen) atoms. The molecule has 0 radical (unpaired) electrons. The van der Waals surface area contributed by atoms with Crippen LogP contribution in [0.2, 0.25) is 0 Å². The van der Waals surface area contributed by atoms with Crippen molar-refractivity contribution < 1.29 is 0 Å². The van der Waals surface area contributed by atoms with Crippen LogP contribution in [-0.4, -0.2) is 4.98 Å². The normalized spacial score (nSPS) is 11.9. The zero-order valence-electron chi connectivity index (χ0n) is 10.8. The van der Waals surface area contributed by atoms with E-state index < -0.39 is 0 Å². The van der Waals surface area contributed by atoms with E-state index in [1.165, 1.54) is 32.9 Å². The van der Waals surface area contributed by atoms with E-state index >= 15 is 0 Å². The SMILES string of the molecule is C/C=C\c1cc2[nH]c3ccccc3c2cc1CC. The van der Waals surface area contributed by atoms with Crippen LogP contribution in [-0.2, 0) is 6.42 Å². The van der Waals surface area contributed by atoms with Crippen molar-refractivity contribution in [1.29, 1.82) is 0 Å². The summed E-state index contributed by atoms with van der Waals surface area (Å²) in [6, 6.07) is 13.1. The fourth-order valence-corrected chi connectivity index (χ4v) is 2.60. The third kappa shape index (κ3) is 1.63. The Morgan fingerprint density at radius 3 is 2.67 bits per heavy atom. The Labute approximate surface area is 107 Å². The average Bonchev–Trinajstić information content (AvgIpc) is 2.75. The van der Waals surface area contributed by atoms with Gasteiger partial charge >= 0.3 is 0 Å². The van der Waals surface area contributed by atoms with Gasteiger partial charge in [-0.1, -0.05) is 37.3 Å². The highest BCUT2D eigenvalue weighted by atomic mass is 14.7. The largest absolute Gasteiger partial charge is 0.354 e. The molecule has 90 valence electrons. The quantitative estimate of drug-likeness (QED) is 0.649. The first-order valence-corrected chi connectivity index (χ1v) is 6.49. The molecular weight excluding hydrogens is 218 g/mol. The van der Waals surface area contributed by atoms with Gasteiger partial charge < -0.3 is 4.98 Å². The lowest BCUT2D eigenvalue weighted by atomic mass is 10.0. The number of allylic oxidation sites excluding steroid dienone is 1. The maximum Gasteiger partial charge on any atom is 0.0471 e. The number of aryl methyl sites for hydroxylation is 1. The molecule has 0 spiro atoms. The standard InChI is InChI=1S/C17H17N/c1-3-7-13-11-17-15(10-12(13)4-2)14-8-5-6-9-16(14)18-17/h3,5-11,18H,4H2,1-2H3/b7-3-. The first kappa shape index (κ1) is 11.1. The number of H-pyrrole nitrogens is 1. The lowest BCUT2D eigenvalue weighted by Crippen LogP contribution is -1.86. The third-order valence-electron chi connectivity index (χ3n) is 3.49. The molecule has 0 bridgehead atoms. The zero-order chi connectivity index (χ0) is 12.5. The molecule has 2 aromatic carbocycles. The van der Waals surface area contributed by atoms with Gasteiger partial charge in [0.2, 0.25) is 0 Å². The van der Waals surface area contributed by atoms with E-state index in [1.807, 2.05) is 0 Å². The molecule has 1 N–H and O–H groups in total. The van der Waals surface area contributed by atoms with E-state index in [2.05, 4.69) is 67.4 Å². The first-order chi connectivity index (χ1) is 8.83. The summed E-state index contributed by atoms with van der Waals surface area (Å²) in [6.45, 7) is 4.28. The van der Waals surface area contributed by atoms with E-state index in [0.717, 1.165) is 6.42 Å². The number of hydrogen-bond acceptors (Lipinski definition) is 0. The van der Waals surface area contributed by atoms with Crippen LogP contribution in [0.4, 0.5) is 0 Å². The van der Waals surface area contributed by atoms with Crippen LogP contribution in [0.5, 0.6) is 0 Å². The summed E-state index contributed by atoms with van der Waals surface area (Å²) in [7, 11) is 0.